The molecule has 1 nitrogen and oxygen atoms in total. The van der Waals surface area contributed by atoms with Crippen LogP contribution < -0.4 is 0 Å². The minimum atomic E-state index is 0.0278. The Balaban J connectivity index is 2.49. The van der Waals surface area contributed by atoms with Gasteiger partial charge in [0.2, 0.25) is 0 Å². The molecule has 8 heavy (non-hydrogen) atoms. The molecule has 1 heterocycles. The van der Waals surface area contributed by atoms with E-state index in [2.05, 4.69) is 21.9 Å². The molecule has 0 amide bonds. The SMILES string of the molecule is C#CC1(CBr)COC1. The zero-order valence-electron chi connectivity index (χ0n) is 4.48. The Kier molecular flexibility index (Phi) is 1.59. The minimum absolute atomic E-state index is 0.0278. The molecule has 1 aliphatic rings. The second-order valence-electron chi connectivity index (χ2n) is 2.05. The lowest BCUT2D eigenvalue weighted by Crippen LogP contribution is -2.42. The molecule has 1 saturated heterocycles. The third-order valence-corrected chi connectivity index (χ3v) is 2.39. The number of terminal acetylenes is 1. The molecule has 0 atom stereocenters. The van der Waals surface area contributed by atoms with Crippen molar-refractivity contribution in [2.75, 3.05) is 18.5 Å². The summed E-state index contributed by atoms with van der Waals surface area (Å²) in [6.45, 7) is 1.43. The van der Waals surface area contributed by atoms with Gasteiger partial charge in [0.25, 0.3) is 0 Å². The van der Waals surface area contributed by atoms with Crippen LogP contribution in [0.1, 0.15) is 0 Å². The lowest BCUT2D eigenvalue weighted by molar-refractivity contribution is -0.0611. The third kappa shape index (κ3) is 0.765. The van der Waals surface area contributed by atoms with Crippen LogP contribution in [-0.4, -0.2) is 18.5 Å². The molecule has 0 radical (unpaired) electrons. The van der Waals surface area contributed by atoms with Crippen molar-refractivity contribution in [1.82, 2.24) is 0 Å². The van der Waals surface area contributed by atoms with Gasteiger partial charge >= 0.3 is 0 Å². The summed E-state index contributed by atoms with van der Waals surface area (Å²) in [7, 11) is 0. The molecule has 0 unspecified atom stereocenters. The van der Waals surface area contributed by atoms with Crippen molar-refractivity contribution in [3.63, 3.8) is 0 Å². The standard InChI is InChI=1S/C6H7BrO/c1-2-6(3-7)4-8-5-6/h1H,3-5H2. The van der Waals surface area contributed by atoms with E-state index in [9.17, 15) is 0 Å². The first-order valence-corrected chi connectivity index (χ1v) is 3.57. The van der Waals surface area contributed by atoms with Gasteiger partial charge in [-0.05, 0) is 0 Å². The molecule has 1 aliphatic heterocycles. The van der Waals surface area contributed by atoms with E-state index in [1.54, 1.807) is 0 Å². The van der Waals surface area contributed by atoms with Gasteiger partial charge in [-0.25, -0.2) is 0 Å². The van der Waals surface area contributed by atoms with Gasteiger partial charge in [-0.15, -0.1) is 6.42 Å². The highest BCUT2D eigenvalue weighted by atomic mass is 79.9. The molecular formula is C6H7BrO. The van der Waals surface area contributed by atoms with Gasteiger partial charge in [-0.1, -0.05) is 21.9 Å². The molecule has 1 fully saturated rings. The third-order valence-electron chi connectivity index (χ3n) is 1.32. The number of ether oxygens (including phenoxy) is 1. The summed E-state index contributed by atoms with van der Waals surface area (Å²) in [6, 6.07) is 0. The first-order valence-electron chi connectivity index (χ1n) is 2.44. The van der Waals surface area contributed by atoms with Crippen molar-refractivity contribution in [3.05, 3.63) is 0 Å². The zero-order valence-corrected chi connectivity index (χ0v) is 6.07. The zero-order chi connectivity index (χ0) is 6.04. The van der Waals surface area contributed by atoms with Crippen molar-refractivity contribution in [2.24, 2.45) is 5.41 Å². The molecule has 0 N–H and O–H groups in total. The van der Waals surface area contributed by atoms with Crippen molar-refractivity contribution in [2.45, 2.75) is 0 Å². The van der Waals surface area contributed by atoms with E-state index < -0.39 is 0 Å². The topological polar surface area (TPSA) is 9.23 Å². The number of hydrogen-bond acceptors (Lipinski definition) is 1. The Morgan fingerprint density at radius 2 is 2.38 bits per heavy atom. The quantitative estimate of drug-likeness (QED) is 0.427. The number of alkyl halides is 1. The molecule has 1 rings (SSSR count). The summed E-state index contributed by atoms with van der Waals surface area (Å²) in [4.78, 5) is 0. The molecule has 0 saturated carbocycles. The summed E-state index contributed by atoms with van der Waals surface area (Å²) >= 11 is 3.32. The molecule has 0 aromatic heterocycles. The van der Waals surface area contributed by atoms with Crippen LogP contribution in [0, 0.1) is 17.8 Å². The molecule has 0 aliphatic carbocycles. The van der Waals surface area contributed by atoms with Gasteiger partial charge in [0, 0.05) is 5.33 Å². The van der Waals surface area contributed by atoms with Crippen LogP contribution in [0.2, 0.25) is 0 Å². The second-order valence-corrected chi connectivity index (χ2v) is 2.61. The average Bonchev–Trinajstić information content (AvgIpc) is 1.67. The maximum atomic E-state index is 5.22. The van der Waals surface area contributed by atoms with Crippen LogP contribution in [0.5, 0.6) is 0 Å². The summed E-state index contributed by atoms with van der Waals surface area (Å²) in [6.07, 6.45) is 5.22. The number of halogens is 1. The molecule has 0 aromatic rings. The van der Waals surface area contributed by atoms with E-state index >= 15 is 0 Å². The van der Waals surface area contributed by atoms with Gasteiger partial charge in [0.05, 0.1) is 18.6 Å². The smallest absolute Gasteiger partial charge is 0.0873 e. The van der Waals surface area contributed by atoms with E-state index in [1.807, 2.05) is 0 Å². The van der Waals surface area contributed by atoms with Gasteiger partial charge < -0.3 is 4.74 Å². The van der Waals surface area contributed by atoms with Gasteiger partial charge in [0.15, 0.2) is 0 Å². The Labute approximate surface area is 57.5 Å². The number of rotatable bonds is 1. The van der Waals surface area contributed by atoms with E-state index in [0.717, 1.165) is 18.5 Å². The van der Waals surface area contributed by atoms with Crippen molar-refractivity contribution >= 4 is 15.9 Å². The molecule has 0 aromatic carbocycles. The fourth-order valence-corrected chi connectivity index (χ4v) is 1.03. The van der Waals surface area contributed by atoms with Crippen LogP contribution in [0.25, 0.3) is 0 Å². The summed E-state index contributed by atoms with van der Waals surface area (Å²) in [5.74, 6) is 2.69. The van der Waals surface area contributed by atoms with Crippen molar-refractivity contribution in [1.29, 1.82) is 0 Å². The van der Waals surface area contributed by atoms with Crippen LogP contribution in [0.15, 0.2) is 0 Å². The van der Waals surface area contributed by atoms with Crippen molar-refractivity contribution in [3.8, 4) is 12.3 Å². The first-order chi connectivity index (χ1) is 3.83. The normalized spacial score (nSPS) is 23.5. The predicted octanol–water partition coefficient (Wildman–Crippen LogP) is 1.03. The Morgan fingerprint density at radius 1 is 1.75 bits per heavy atom. The highest BCUT2D eigenvalue weighted by Crippen LogP contribution is 2.27. The van der Waals surface area contributed by atoms with Crippen LogP contribution >= 0.6 is 15.9 Å². The van der Waals surface area contributed by atoms with Crippen molar-refractivity contribution < 1.29 is 4.74 Å². The summed E-state index contributed by atoms with van der Waals surface area (Å²) < 4.78 is 4.95. The largest absolute Gasteiger partial charge is 0.378 e. The molecule has 0 spiro atoms. The fourth-order valence-electron chi connectivity index (χ4n) is 0.548. The fraction of sp³-hybridized carbons (Fsp3) is 0.667. The molecular weight excluding hydrogens is 168 g/mol. The van der Waals surface area contributed by atoms with Crippen LogP contribution in [0.4, 0.5) is 0 Å². The highest BCUT2D eigenvalue weighted by Gasteiger charge is 2.35. The predicted molar refractivity (Wildman–Crippen MR) is 35.9 cm³/mol. The minimum Gasteiger partial charge on any atom is -0.378 e. The highest BCUT2D eigenvalue weighted by molar-refractivity contribution is 9.09. The monoisotopic (exact) mass is 174 g/mol. The molecule has 2 heteroatoms. The summed E-state index contributed by atoms with van der Waals surface area (Å²) in [5, 5.41) is 0.858. The maximum Gasteiger partial charge on any atom is 0.0873 e. The number of hydrogen-bond donors (Lipinski definition) is 0. The van der Waals surface area contributed by atoms with E-state index in [-0.39, 0.29) is 5.41 Å². The van der Waals surface area contributed by atoms with E-state index in [1.165, 1.54) is 0 Å². The average molecular weight is 175 g/mol. The van der Waals surface area contributed by atoms with Gasteiger partial charge in [-0.2, -0.15) is 0 Å². The van der Waals surface area contributed by atoms with E-state index in [4.69, 9.17) is 11.2 Å². The van der Waals surface area contributed by atoms with E-state index in [0.29, 0.717) is 0 Å². The Hall–Kier alpha value is -0.0000000000000000208. The molecule has 0 bridgehead atoms. The summed E-state index contributed by atoms with van der Waals surface area (Å²) in [5.41, 5.74) is 0.0278. The molecule has 44 valence electrons. The van der Waals surface area contributed by atoms with Gasteiger partial charge in [0.1, 0.15) is 0 Å². The maximum absolute atomic E-state index is 5.22. The Bertz CT molecular complexity index is 115. The lowest BCUT2D eigenvalue weighted by Gasteiger charge is -2.34. The van der Waals surface area contributed by atoms with Crippen LogP contribution in [0.3, 0.4) is 0 Å². The first kappa shape index (κ1) is 6.12. The van der Waals surface area contributed by atoms with Gasteiger partial charge in [-0.3, -0.25) is 0 Å². The lowest BCUT2D eigenvalue weighted by atomic mass is 9.90. The second kappa shape index (κ2) is 2.08. The van der Waals surface area contributed by atoms with Crippen LogP contribution in [-0.2, 0) is 4.74 Å². The Morgan fingerprint density at radius 3 is 2.38 bits per heavy atom.